The van der Waals surface area contributed by atoms with Crippen molar-refractivity contribution in [2.24, 2.45) is 0 Å². The van der Waals surface area contributed by atoms with Gasteiger partial charge in [-0.05, 0) is 12.8 Å². The average Bonchev–Trinajstić information content (AvgIpc) is 2.92. The van der Waals surface area contributed by atoms with Gasteiger partial charge in [-0.15, -0.1) is 11.3 Å². The average molecular weight is 279 g/mol. The molecule has 0 saturated heterocycles. The number of rotatable bonds is 4. The maximum absolute atomic E-state index is 12.0. The molecule has 0 unspecified atom stereocenters. The third-order valence-corrected chi connectivity index (χ3v) is 3.54. The predicted molar refractivity (Wildman–Crippen MR) is 75.1 cm³/mol. The van der Waals surface area contributed by atoms with E-state index in [1.165, 1.54) is 0 Å². The van der Waals surface area contributed by atoms with E-state index in [0.29, 0.717) is 12.2 Å². The van der Waals surface area contributed by atoms with Crippen molar-refractivity contribution in [3.05, 3.63) is 27.5 Å². The molecule has 19 heavy (non-hydrogen) atoms. The van der Waals surface area contributed by atoms with Gasteiger partial charge in [0.2, 0.25) is 0 Å². The highest BCUT2D eigenvalue weighted by atomic mass is 32.1. The van der Waals surface area contributed by atoms with Gasteiger partial charge in [-0.2, -0.15) is 5.10 Å². The molecule has 0 saturated carbocycles. The number of nitrogens with two attached hydrogens (primary N) is 1. The Morgan fingerprint density at radius 2 is 2.32 bits per heavy atom. The Balaban J connectivity index is 2.04. The summed E-state index contributed by atoms with van der Waals surface area (Å²) in [4.78, 5) is 16.3. The Morgan fingerprint density at radius 3 is 2.84 bits per heavy atom. The number of H-pyrrole nitrogens is 1. The Hall–Kier alpha value is -1.89. The lowest BCUT2D eigenvalue weighted by atomic mass is 10.1. The minimum Gasteiger partial charge on any atom is -0.395 e. The van der Waals surface area contributed by atoms with Crippen LogP contribution < -0.4 is 11.1 Å². The second-order valence-electron chi connectivity index (χ2n) is 4.59. The molecule has 0 aliphatic rings. The van der Waals surface area contributed by atoms with Crippen LogP contribution in [0.1, 0.15) is 46.6 Å². The highest BCUT2D eigenvalue weighted by Crippen LogP contribution is 2.21. The molecule has 6 nitrogen and oxygen atoms in total. The lowest BCUT2D eigenvalue weighted by Gasteiger charge is -2.03. The number of nitrogens with zero attached hydrogens (tertiary/aromatic N) is 2. The van der Waals surface area contributed by atoms with Crippen LogP contribution in [0.5, 0.6) is 0 Å². The molecule has 2 heterocycles. The summed E-state index contributed by atoms with van der Waals surface area (Å²) >= 11 is 1.55. The van der Waals surface area contributed by atoms with E-state index in [2.05, 4.69) is 20.5 Å². The van der Waals surface area contributed by atoms with Gasteiger partial charge in [0, 0.05) is 5.38 Å². The molecule has 102 valence electrons. The minimum absolute atomic E-state index is 0.204. The Bertz CT molecular complexity index is 587. The Morgan fingerprint density at radius 1 is 1.58 bits per heavy atom. The molecule has 2 aromatic heterocycles. The summed E-state index contributed by atoms with van der Waals surface area (Å²) < 4.78 is 0. The van der Waals surface area contributed by atoms with E-state index in [1.54, 1.807) is 11.3 Å². The zero-order chi connectivity index (χ0) is 14.0. The van der Waals surface area contributed by atoms with Crippen molar-refractivity contribution in [2.75, 3.05) is 5.73 Å². The monoisotopic (exact) mass is 279 g/mol. The molecule has 0 aliphatic carbocycles. The Kier molecular flexibility index (Phi) is 3.84. The van der Waals surface area contributed by atoms with Crippen molar-refractivity contribution in [1.82, 2.24) is 20.5 Å². The minimum atomic E-state index is -0.286. The second kappa shape index (κ2) is 5.40. The maximum atomic E-state index is 12.0. The fourth-order valence-corrected chi connectivity index (χ4v) is 2.33. The molecule has 0 aliphatic heterocycles. The number of nitrogen functional groups attached to an aromatic ring is 1. The number of carbonyl (C=O) groups is 1. The highest BCUT2D eigenvalue weighted by Gasteiger charge is 2.18. The van der Waals surface area contributed by atoms with Crippen LogP contribution in [0.4, 0.5) is 5.69 Å². The molecule has 2 rings (SSSR count). The van der Waals surface area contributed by atoms with Crippen LogP contribution in [0.25, 0.3) is 0 Å². The molecule has 1 amide bonds. The topological polar surface area (TPSA) is 96.7 Å². The first-order valence-corrected chi connectivity index (χ1v) is 6.90. The molecule has 0 fully saturated rings. The number of aryl methyl sites for hydroxylation is 1. The van der Waals surface area contributed by atoms with Crippen LogP contribution in [-0.2, 0) is 6.54 Å². The normalized spacial score (nSPS) is 10.9. The lowest BCUT2D eigenvalue weighted by Crippen LogP contribution is -2.24. The smallest absolute Gasteiger partial charge is 0.274 e. The number of amides is 1. The summed E-state index contributed by atoms with van der Waals surface area (Å²) in [6.07, 6.45) is 0. The van der Waals surface area contributed by atoms with Crippen LogP contribution in [0.15, 0.2) is 5.38 Å². The first-order valence-electron chi connectivity index (χ1n) is 6.02. The van der Waals surface area contributed by atoms with Crippen molar-refractivity contribution in [3.8, 4) is 0 Å². The molecule has 0 radical (unpaired) electrons. The van der Waals surface area contributed by atoms with Gasteiger partial charge < -0.3 is 11.1 Å². The van der Waals surface area contributed by atoms with Gasteiger partial charge in [-0.3, -0.25) is 9.89 Å². The summed E-state index contributed by atoms with van der Waals surface area (Å²) in [5.41, 5.74) is 8.20. The second-order valence-corrected chi connectivity index (χ2v) is 5.66. The summed E-state index contributed by atoms with van der Waals surface area (Å²) in [7, 11) is 0. The summed E-state index contributed by atoms with van der Waals surface area (Å²) in [6.45, 7) is 6.29. The SMILES string of the molecule is Cc1nc(CNC(=O)c2n[nH]c(C(C)C)c2N)cs1. The van der Waals surface area contributed by atoms with Gasteiger partial charge in [0.1, 0.15) is 0 Å². The van der Waals surface area contributed by atoms with Crippen molar-refractivity contribution in [1.29, 1.82) is 0 Å². The molecular weight excluding hydrogens is 262 g/mol. The molecule has 0 spiro atoms. The third kappa shape index (κ3) is 2.93. The van der Waals surface area contributed by atoms with Crippen LogP contribution in [-0.4, -0.2) is 21.1 Å². The van der Waals surface area contributed by atoms with E-state index in [-0.39, 0.29) is 17.5 Å². The first kappa shape index (κ1) is 13.5. The fraction of sp³-hybridized carbons (Fsp3) is 0.417. The molecule has 0 atom stereocenters. The zero-order valence-electron chi connectivity index (χ0n) is 11.2. The zero-order valence-corrected chi connectivity index (χ0v) is 12.0. The van der Waals surface area contributed by atoms with Gasteiger partial charge in [0.25, 0.3) is 5.91 Å². The quantitative estimate of drug-likeness (QED) is 0.795. The summed E-state index contributed by atoms with van der Waals surface area (Å²) in [5, 5.41) is 12.4. The molecule has 0 aromatic carbocycles. The molecule has 0 bridgehead atoms. The number of nitrogens with one attached hydrogen (secondary N) is 2. The largest absolute Gasteiger partial charge is 0.395 e. The third-order valence-electron chi connectivity index (χ3n) is 2.72. The standard InChI is InChI=1S/C12H17N5OS/c1-6(2)10-9(13)11(17-16-10)12(18)14-4-8-5-19-7(3)15-8/h5-6H,4,13H2,1-3H3,(H,14,18)(H,16,17). The van der Waals surface area contributed by atoms with E-state index < -0.39 is 0 Å². The van der Waals surface area contributed by atoms with E-state index in [1.807, 2.05) is 26.2 Å². The number of aromatic amines is 1. The molecule has 7 heteroatoms. The van der Waals surface area contributed by atoms with Gasteiger partial charge in [-0.25, -0.2) is 4.98 Å². The number of hydrogen-bond acceptors (Lipinski definition) is 5. The van der Waals surface area contributed by atoms with Crippen LogP contribution in [0, 0.1) is 6.92 Å². The van der Waals surface area contributed by atoms with Gasteiger partial charge in [0.05, 0.1) is 28.6 Å². The van der Waals surface area contributed by atoms with Crippen LogP contribution in [0.3, 0.4) is 0 Å². The van der Waals surface area contributed by atoms with Crippen molar-refractivity contribution in [3.63, 3.8) is 0 Å². The molecule has 2 aromatic rings. The number of anilines is 1. The number of aromatic nitrogens is 3. The number of thiazole rings is 1. The van der Waals surface area contributed by atoms with Gasteiger partial charge in [0.15, 0.2) is 5.69 Å². The maximum Gasteiger partial charge on any atom is 0.274 e. The van der Waals surface area contributed by atoms with E-state index in [9.17, 15) is 4.79 Å². The van der Waals surface area contributed by atoms with E-state index in [4.69, 9.17) is 5.73 Å². The fourth-order valence-electron chi connectivity index (χ4n) is 1.72. The molecule has 4 N–H and O–H groups in total. The summed E-state index contributed by atoms with van der Waals surface area (Å²) in [6, 6.07) is 0. The van der Waals surface area contributed by atoms with Crippen molar-refractivity contribution < 1.29 is 4.79 Å². The highest BCUT2D eigenvalue weighted by molar-refractivity contribution is 7.09. The number of carbonyl (C=O) groups excluding carboxylic acids is 1. The lowest BCUT2D eigenvalue weighted by molar-refractivity contribution is 0.0946. The Labute approximate surface area is 115 Å². The van der Waals surface area contributed by atoms with Crippen LogP contribution in [0.2, 0.25) is 0 Å². The predicted octanol–water partition coefficient (Wildman–Crippen LogP) is 1.81. The van der Waals surface area contributed by atoms with Crippen molar-refractivity contribution >= 4 is 22.9 Å². The van der Waals surface area contributed by atoms with E-state index in [0.717, 1.165) is 16.4 Å². The molecular formula is C12H17N5OS. The number of hydrogen-bond donors (Lipinski definition) is 3. The van der Waals surface area contributed by atoms with Crippen LogP contribution >= 0.6 is 11.3 Å². The first-order chi connectivity index (χ1) is 8.99. The summed E-state index contributed by atoms with van der Waals surface area (Å²) in [5.74, 6) is -0.0819. The van der Waals surface area contributed by atoms with Gasteiger partial charge >= 0.3 is 0 Å². The van der Waals surface area contributed by atoms with Crippen molar-refractivity contribution in [2.45, 2.75) is 33.2 Å². The van der Waals surface area contributed by atoms with Gasteiger partial charge in [-0.1, -0.05) is 13.8 Å². The van der Waals surface area contributed by atoms with E-state index >= 15 is 0 Å².